The molecule has 0 saturated carbocycles. The van der Waals surface area contributed by atoms with Crippen molar-refractivity contribution in [2.75, 3.05) is 5.32 Å². The Kier molecular flexibility index (Phi) is 23.5. The van der Waals surface area contributed by atoms with Crippen LogP contribution < -0.4 is 24.3 Å². The largest absolute Gasteiger partial charge is 0.514 e. The Morgan fingerprint density at radius 3 is 1.76 bits per heavy atom. The van der Waals surface area contributed by atoms with Gasteiger partial charge < -0.3 is 33.7 Å². The Hall–Kier alpha value is -11.2. The first-order chi connectivity index (χ1) is 41.4. The number of rotatable bonds is 16. The molecule has 0 aliphatic carbocycles. The van der Waals surface area contributed by atoms with Gasteiger partial charge in [-0.2, -0.15) is 5.11 Å². The number of ketones is 1. The molecule has 6 aromatic carbocycles. The fraction of sp³-hybridized carbons (Fsp3) is 0.212. The van der Waals surface area contributed by atoms with Gasteiger partial charge >= 0.3 is 29.9 Å². The van der Waals surface area contributed by atoms with Crippen LogP contribution in [0.5, 0.6) is 23.0 Å². The molecule has 7 rings (SSSR count). The maximum absolute atomic E-state index is 13.1. The molecule has 1 heterocycles. The van der Waals surface area contributed by atoms with E-state index in [1.54, 1.807) is 152 Å². The predicted octanol–water partition coefficient (Wildman–Crippen LogP) is 17.0. The average molecular weight is 1200 g/mol. The number of hydrogen-bond donors (Lipinski definition) is 1. The van der Waals surface area contributed by atoms with Crippen LogP contribution in [0.3, 0.4) is 0 Å². The molecule has 0 saturated heterocycles. The maximum atomic E-state index is 13.1. The van der Waals surface area contributed by atoms with E-state index >= 15 is 0 Å². The molecule has 0 radical (unpaired) electrons. The second-order valence-electron chi connectivity index (χ2n) is 21.9. The number of fused-ring (bicyclic) bond motifs is 1. The predicted molar refractivity (Wildman–Crippen MR) is 333 cm³/mol. The highest BCUT2D eigenvalue weighted by Gasteiger charge is 2.27. The number of anilines is 1. The smallest absolute Gasteiger partial charge is 0.428 e. The van der Waals surface area contributed by atoms with Gasteiger partial charge in [0.1, 0.15) is 34.0 Å². The third-order valence-electron chi connectivity index (χ3n) is 11.0. The minimum Gasteiger partial charge on any atom is -0.428 e. The lowest BCUT2D eigenvalue weighted by molar-refractivity contribution is -0.385. The number of aliphatic imine (C=N–C) groups is 1. The van der Waals surface area contributed by atoms with Gasteiger partial charge in [-0.15, -0.1) is 15.3 Å². The number of Topliss-reactive ketones (excluding diaryl/α,β-unsaturated/α-hetero) is 1. The number of hydrogen-bond acceptors (Lipinski definition) is 20. The molecule has 88 heavy (non-hydrogen) atoms. The van der Waals surface area contributed by atoms with Crippen LogP contribution in [-0.4, -0.2) is 63.3 Å². The molecule has 0 spiro atoms. The van der Waals surface area contributed by atoms with E-state index in [0.717, 1.165) is 23.1 Å². The molecule has 1 N–H and O–H groups in total. The molecule has 0 fully saturated rings. The van der Waals surface area contributed by atoms with Crippen molar-refractivity contribution in [2.24, 2.45) is 30.9 Å². The van der Waals surface area contributed by atoms with Gasteiger partial charge in [0.15, 0.2) is 23.1 Å². The van der Waals surface area contributed by atoms with E-state index in [9.17, 15) is 38.9 Å². The molecule has 0 atom stereocenters. The van der Waals surface area contributed by atoms with Crippen molar-refractivity contribution in [1.29, 1.82) is 0 Å². The van der Waals surface area contributed by atoms with Crippen molar-refractivity contribution in [3.05, 3.63) is 204 Å². The van der Waals surface area contributed by atoms with Crippen molar-refractivity contribution in [3.63, 3.8) is 0 Å². The third-order valence-corrected chi connectivity index (χ3v) is 11.0. The standard InChI is InChI=1S/C24H24N4O2.C21H21N3O7.C21H21NO5/c1-15(2)23(30)26-19-10-8-9-17-16(19)12-13-18(22(29)24(3,4)5)21(17)28-27-20-11-6-7-14-25-20;1-13(2)19(25)29-18-11-10-14(12-16(18)24(27)28)22-23-15-8-6-7-9-17(15)30-20(26)31-21(3,4)5;1-5-19(23)25-16-12-10-15(11-13-16)14-22-17-8-6-7-9-18(17)26-20(24)27-21(2,3)4/h6-14H,1H2,2-5H3,(H,26,30);6-12H,1H2,2-5H3;5-14H,1H2,2-4H3. The molecule has 1 aromatic heterocycles. The molecular formula is C66H66N8O14. The van der Waals surface area contributed by atoms with Gasteiger partial charge in [0.25, 0.3) is 5.91 Å². The Morgan fingerprint density at radius 2 is 1.20 bits per heavy atom. The molecule has 7 aromatic rings. The van der Waals surface area contributed by atoms with E-state index in [1.165, 1.54) is 25.1 Å². The molecule has 22 nitrogen and oxygen atoms in total. The number of amides is 1. The van der Waals surface area contributed by atoms with Crippen LogP contribution in [0.15, 0.2) is 208 Å². The van der Waals surface area contributed by atoms with Gasteiger partial charge in [-0.3, -0.25) is 24.7 Å². The highest BCUT2D eigenvalue weighted by Crippen LogP contribution is 2.39. The van der Waals surface area contributed by atoms with Crippen molar-refractivity contribution in [1.82, 2.24) is 4.98 Å². The molecule has 1 amide bonds. The Morgan fingerprint density at radius 1 is 0.602 bits per heavy atom. The second-order valence-corrected chi connectivity index (χ2v) is 21.9. The van der Waals surface area contributed by atoms with Crippen LogP contribution >= 0.6 is 0 Å². The van der Waals surface area contributed by atoms with Crippen LogP contribution in [-0.2, 0) is 23.9 Å². The zero-order valence-electron chi connectivity index (χ0n) is 50.5. The average Bonchev–Trinajstić information content (AvgIpc) is 2.65. The number of azo groups is 2. The molecule has 0 unspecified atom stereocenters. The normalized spacial score (nSPS) is 11.3. The number of carbonyl (C=O) groups excluding carboxylic acids is 6. The zero-order valence-corrected chi connectivity index (χ0v) is 50.5. The number of nitro groups is 1. The number of para-hydroxylation sites is 3. The van der Waals surface area contributed by atoms with Gasteiger partial charge in [-0.05, 0) is 146 Å². The van der Waals surface area contributed by atoms with Gasteiger partial charge in [-0.25, -0.2) is 24.2 Å². The number of carbonyl (C=O) groups is 6. The summed E-state index contributed by atoms with van der Waals surface area (Å²) in [5.74, 6) is -0.631. The second kappa shape index (κ2) is 30.6. The number of benzene rings is 6. The van der Waals surface area contributed by atoms with Gasteiger partial charge in [0, 0.05) is 63.1 Å². The summed E-state index contributed by atoms with van der Waals surface area (Å²) in [6, 6.07) is 38.1. The van der Waals surface area contributed by atoms with E-state index in [1.807, 2.05) is 45.0 Å². The lowest BCUT2D eigenvalue weighted by atomic mass is 9.85. The van der Waals surface area contributed by atoms with Crippen LogP contribution in [0, 0.1) is 15.5 Å². The van der Waals surface area contributed by atoms with Crippen LogP contribution in [0.1, 0.15) is 92.1 Å². The number of esters is 2. The van der Waals surface area contributed by atoms with Crippen molar-refractivity contribution < 1.29 is 62.1 Å². The number of aromatic nitrogens is 1. The number of ether oxygens (including phenoxy) is 6. The number of nitro benzene ring substituents is 1. The lowest BCUT2D eigenvalue weighted by Gasteiger charge is -2.19. The summed E-state index contributed by atoms with van der Waals surface area (Å²) in [7, 11) is 0. The maximum Gasteiger partial charge on any atom is 0.514 e. The minimum absolute atomic E-state index is 0.0456. The molecule has 0 bridgehead atoms. The van der Waals surface area contributed by atoms with Crippen molar-refractivity contribution in [2.45, 2.75) is 87.4 Å². The fourth-order valence-corrected chi connectivity index (χ4v) is 6.91. The van der Waals surface area contributed by atoms with E-state index in [4.69, 9.17) is 28.4 Å². The lowest BCUT2D eigenvalue weighted by Crippen LogP contribution is -2.26. The quantitative estimate of drug-likeness (QED) is 0.0108. The van der Waals surface area contributed by atoms with E-state index in [-0.39, 0.29) is 40.1 Å². The summed E-state index contributed by atoms with van der Waals surface area (Å²) in [5, 5.41) is 32.2. The highest BCUT2D eigenvalue weighted by atomic mass is 16.7. The first kappa shape index (κ1) is 67.6. The Bertz CT molecular complexity index is 3860. The fourth-order valence-electron chi connectivity index (χ4n) is 6.91. The molecule has 0 aliphatic rings. The molecular weight excluding hydrogens is 1130 g/mol. The summed E-state index contributed by atoms with van der Waals surface area (Å²) < 4.78 is 30.6. The topological polar surface area (TPSA) is 288 Å². The minimum atomic E-state index is -0.908. The van der Waals surface area contributed by atoms with E-state index in [2.05, 4.69) is 55.5 Å². The van der Waals surface area contributed by atoms with Crippen LogP contribution in [0.2, 0.25) is 0 Å². The summed E-state index contributed by atoms with van der Waals surface area (Å²) in [6.45, 7) is 29.5. The monoisotopic (exact) mass is 1190 g/mol. The zero-order chi connectivity index (χ0) is 64.9. The highest BCUT2D eigenvalue weighted by molar-refractivity contribution is 6.14. The van der Waals surface area contributed by atoms with Crippen LogP contribution in [0.25, 0.3) is 10.8 Å². The first-order valence-electron chi connectivity index (χ1n) is 26.9. The van der Waals surface area contributed by atoms with E-state index in [0.29, 0.717) is 50.9 Å². The Balaban J connectivity index is 0.000000241. The summed E-state index contributed by atoms with van der Waals surface area (Å²) in [4.78, 5) is 91.0. The van der Waals surface area contributed by atoms with Gasteiger partial charge in [0.2, 0.25) is 5.75 Å². The number of pyridine rings is 1. The third kappa shape index (κ3) is 21.5. The molecule has 0 aliphatic heterocycles. The van der Waals surface area contributed by atoms with E-state index < -0.39 is 51.5 Å². The summed E-state index contributed by atoms with van der Waals surface area (Å²) in [5.41, 5.74) is 1.18. The van der Waals surface area contributed by atoms with Crippen molar-refractivity contribution >= 4 is 92.9 Å². The van der Waals surface area contributed by atoms with Gasteiger partial charge in [0.05, 0.1) is 10.6 Å². The molecule has 22 heteroatoms. The summed E-state index contributed by atoms with van der Waals surface area (Å²) >= 11 is 0. The number of nitrogens with one attached hydrogen (secondary N) is 1. The first-order valence-corrected chi connectivity index (χ1v) is 26.9. The Labute approximate surface area is 508 Å². The molecule has 454 valence electrons. The summed E-state index contributed by atoms with van der Waals surface area (Å²) in [6.07, 6.45) is 2.63. The van der Waals surface area contributed by atoms with Crippen molar-refractivity contribution in [3.8, 4) is 23.0 Å². The van der Waals surface area contributed by atoms with Crippen LogP contribution in [0.4, 0.5) is 49.5 Å². The number of nitrogens with zero attached hydrogens (tertiary/aromatic N) is 7. The van der Waals surface area contributed by atoms with Gasteiger partial charge in [-0.1, -0.05) is 89.0 Å². The SMILES string of the molecule is C=C(C)C(=O)Nc1cccc2c(N=Nc3ccccn3)c(C(=O)C(C)(C)C)ccc12.C=C(C)C(=O)Oc1ccc(N=Nc2ccccc2OC(=O)OC(C)(C)C)cc1[N+](=O)[O-].C=CC(=O)Oc1ccc(C=Nc2ccccc2OC(=O)OC(C)(C)C)cc1.